The molecule has 0 saturated carbocycles. The van der Waals surface area contributed by atoms with E-state index in [4.69, 9.17) is 9.47 Å². The molecule has 1 saturated heterocycles. The van der Waals surface area contributed by atoms with Crippen LogP contribution in [0.2, 0.25) is 0 Å². The number of thioether (sulfide) groups is 1. The van der Waals surface area contributed by atoms with Crippen molar-refractivity contribution in [3.8, 4) is 17.6 Å². The smallest absolute Gasteiger partial charge is 0.294 e. The van der Waals surface area contributed by atoms with Crippen molar-refractivity contribution >= 4 is 63.2 Å². The SMILES string of the molecule is COc1cc(/C=C2\SC(=O)N(CC(=O)Nc3ccccc3)C2=O)cc(I)c1OCc1ccccc1C#N. The van der Waals surface area contributed by atoms with Crippen LogP contribution in [-0.2, 0) is 16.2 Å². The van der Waals surface area contributed by atoms with Gasteiger partial charge in [-0.05, 0) is 76.3 Å². The number of nitrogens with zero attached hydrogens (tertiary/aromatic N) is 2. The Kier molecular flexibility index (Phi) is 8.47. The molecule has 1 aliphatic rings. The van der Waals surface area contributed by atoms with Gasteiger partial charge in [-0.3, -0.25) is 19.3 Å². The van der Waals surface area contributed by atoms with Gasteiger partial charge in [0.15, 0.2) is 11.5 Å². The van der Waals surface area contributed by atoms with Gasteiger partial charge in [0.05, 0.1) is 27.2 Å². The van der Waals surface area contributed by atoms with Gasteiger partial charge in [0, 0.05) is 11.3 Å². The van der Waals surface area contributed by atoms with Crippen molar-refractivity contribution in [2.75, 3.05) is 19.0 Å². The largest absolute Gasteiger partial charge is 0.493 e. The fourth-order valence-corrected chi connectivity index (χ4v) is 5.14. The fourth-order valence-electron chi connectivity index (χ4n) is 3.52. The number of amides is 3. The fraction of sp³-hybridized carbons (Fsp3) is 0.111. The Morgan fingerprint density at radius 3 is 2.59 bits per heavy atom. The predicted molar refractivity (Wildman–Crippen MR) is 149 cm³/mol. The average molecular weight is 625 g/mol. The molecule has 186 valence electrons. The molecule has 10 heteroatoms. The van der Waals surface area contributed by atoms with Gasteiger partial charge in [0.25, 0.3) is 11.1 Å². The molecule has 0 unspecified atom stereocenters. The molecule has 3 aromatic rings. The number of anilines is 1. The normalized spacial score (nSPS) is 14.0. The molecule has 0 radical (unpaired) electrons. The van der Waals surface area contributed by atoms with E-state index in [-0.39, 0.29) is 18.1 Å². The summed E-state index contributed by atoms with van der Waals surface area (Å²) in [5, 5.41) is 11.5. The molecule has 3 aromatic carbocycles. The quantitative estimate of drug-likeness (QED) is 0.263. The summed E-state index contributed by atoms with van der Waals surface area (Å²) in [7, 11) is 1.50. The number of nitriles is 1. The first-order valence-electron chi connectivity index (χ1n) is 11.0. The number of rotatable bonds is 8. The van der Waals surface area contributed by atoms with E-state index in [1.54, 1.807) is 54.6 Å². The van der Waals surface area contributed by atoms with Crippen LogP contribution < -0.4 is 14.8 Å². The van der Waals surface area contributed by atoms with Gasteiger partial charge in [-0.2, -0.15) is 5.26 Å². The van der Waals surface area contributed by atoms with Crippen LogP contribution in [-0.4, -0.2) is 35.6 Å². The van der Waals surface area contributed by atoms with E-state index < -0.39 is 17.1 Å². The molecule has 1 fully saturated rings. The highest BCUT2D eigenvalue weighted by Gasteiger charge is 2.36. The third-order valence-corrected chi connectivity index (χ3v) is 7.00. The summed E-state index contributed by atoms with van der Waals surface area (Å²) in [6, 6.07) is 21.6. The van der Waals surface area contributed by atoms with Gasteiger partial charge in [0.1, 0.15) is 13.2 Å². The van der Waals surface area contributed by atoms with Crippen LogP contribution in [0.5, 0.6) is 11.5 Å². The molecular formula is C27H20IN3O5S. The molecule has 0 aromatic heterocycles. The Bertz CT molecular complexity index is 1440. The second-order valence-corrected chi connectivity index (χ2v) is 9.93. The van der Waals surface area contributed by atoms with E-state index in [1.165, 1.54) is 7.11 Å². The molecule has 0 atom stereocenters. The summed E-state index contributed by atoms with van der Waals surface area (Å²) in [5.74, 6) is -0.0706. The summed E-state index contributed by atoms with van der Waals surface area (Å²) in [6.07, 6.45) is 1.58. The lowest BCUT2D eigenvalue weighted by molar-refractivity contribution is -0.127. The third kappa shape index (κ3) is 6.31. The number of imide groups is 1. The van der Waals surface area contributed by atoms with Gasteiger partial charge < -0.3 is 14.8 Å². The first-order chi connectivity index (χ1) is 17.9. The number of hydrogen-bond acceptors (Lipinski definition) is 7. The molecule has 3 amide bonds. The zero-order valence-electron chi connectivity index (χ0n) is 19.6. The Morgan fingerprint density at radius 1 is 1.14 bits per heavy atom. The highest BCUT2D eigenvalue weighted by atomic mass is 127. The van der Waals surface area contributed by atoms with Crippen LogP contribution in [0.4, 0.5) is 10.5 Å². The second-order valence-electron chi connectivity index (χ2n) is 7.77. The van der Waals surface area contributed by atoms with Crippen molar-refractivity contribution in [3.05, 3.63) is 91.9 Å². The van der Waals surface area contributed by atoms with Crippen molar-refractivity contribution in [2.45, 2.75) is 6.61 Å². The summed E-state index contributed by atoms with van der Waals surface area (Å²) < 4.78 is 12.2. The summed E-state index contributed by atoms with van der Waals surface area (Å²) >= 11 is 2.87. The number of nitrogens with one attached hydrogen (secondary N) is 1. The summed E-state index contributed by atoms with van der Waals surface area (Å²) in [4.78, 5) is 38.8. The number of benzene rings is 3. The van der Waals surface area contributed by atoms with E-state index in [1.807, 2.05) is 18.2 Å². The molecule has 1 heterocycles. The Labute approximate surface area is 231 Å². The third-order valence-electron chi connectivity index (χ3n) is 5.29. The van der Waals surface area contributed by atoms with Crippen molar-refractivity contribution in [1.29, 1.82) is 5.26 Å². The average Bonchev–Trinajstić information content (AvgIpc) is 3.15. The van der Waals surface area contributed by atoms with Crippen LogP contribution in [0, 0.1) is 14.9 Å². The minimum absolute atomic E-state index is 0.180. The highest BCUT2D eigenvalue weighted by molar-refractivity contribution is 14.1. The number of carbonyl (C=O) groups excluding carboxylic acids is 3. The molecule has 0 spiro atoms. The first-order valence-corrected chi connectivity index (χ1v) is 12.9. The standard InChI is InChI=1S/C27H20IN3O5S/c1-35-22-12-17(11-21(28)25(22)36-16-19-8-6-5-7-18(19)14-29)13-23-26(33)31(27(34)37-23)15-24(32)30-20-9-3-2-4-10-20/h2-13H,15-16H2,1H3,(H,30,32)/b23-13-. The number of methoxy groups -OCH3 is 1. The molecular weight excluding hydrogens is 605 g/mol. The van der Waals surface area contributed by atoms with E-state index >= 15 is 0 Å². The van der Waals surface area contributed by atoms with Crippen LogP contribution in [0.15, 0.2) is 71.6 Å². The van der Waals surface area contributed by atoms with Crippen molar-refractivity contribution < 1.29 is 23.9 Å². The maximum Gasteiger partial charge on any atom is 0.294 e. The van der Waals surface area contributed by atoms with Gasteiger partial charge in [-0.15, -0.1) is 0 Å². The van der Waals surface area contributed by atoms with Gasteiger partial charge in [-0.1, -0.05) is 36.4 Å². The number of ether oxygens (including phenoxy) is 2. The Morgan fingerprint density at radius 2 is 1.86 bits per heavy atom. The number of para-hydroxylation sites is 1. The highest BCUT2D eigenvalue weighted by Crippen LogP contribution is 2.37. The maximum absolute atomic E-state index is 12.9. The molecule has 4 rings (SSSR count). The van der Waals surface area contributed by atoms with Gasteiger partial charge in [0.2, 0.25) is 5.91 Å². The van der Waals surface area contributed by atoms with E-state index in [9.17, 15) is 19.6 Å². The zero-order valence-corrected chi connectivity index (χ0v) is 22.5. The maximum atomic E-state index is 12.9. The Hall–Kier alpha value is -3.82. The van der Waals surface area contributed by atoms with Crippen LogP contribution in [0.25, 0.3) is 6.08 Å². The molecule has 0 bridgehead atoms. The van der Waals surface area contributed by atoms with Gasteiger partial charge >= 0.3 is 0 Å². The zero-order chi connectivity index (χ0) is 26.4. The molecule has 8 nitrogen and oxygen atoms in total. The lowest BCUT2D eigenvalue weighted by Gasteiger charge is -2.14. The molecule has 0 aliphatic carbocycles. The topological polar surface area (TPSA) is 109 Å². The van der Waals surface area contributed by atoms with E-state index in [2.05, 4.69) is 34.0 Å². The number of hydrogen-bond donors (Lipinski definition) is 1. The molecule has 1 aliphatic heterocycles. The minimum atomic E-state index is -0.541. The van der Waals surface area contributed by atoms with E-state index in [0.29, 0.717) is 28.3 Å². The first kappa shape index (κ1) is 26.2. The predicted octanol–water partition coefficient (Wildman–Crippen LogP) is 5.43. The molecule has 1 N–H and O–H groups in total. The summed E-state index contributed by atoms with van der Waals surface area (Å²) in [5.41, 5.74) is 2.48. The lowest BCUT2D eigenvalue weighted by Crippen LogP contribution is -2.36. The van der Waals surface area contributed by atoms with Crippen molar-refractivity contribution in [2.24, 2.45) is 0 Å². The monoisotopic (exact) mass is 625 g/mol. The summed E-state index contributed by atoms with van der Waals surface area (Å²) in [6.45, 7) is -0.200. The van der Waals surface area contributed by atoms with E-state index in [0.717, 1.165) is 25.8 Å². The van der Waals surface area contributed by atoms with Crippen molar-refractivity contribution in [1.82, 2.24) is 4.90 Å². The van der Waals surface area contributed by atoms with Crippen LogP contribution >= 0.6 is 34.4 Å². The van der Waals surface area contributed by atoms with Crippen molar-refractivity contribution in [3.63, 3.8) is 0 Å². The Balaban J connectivity index is 1.49. The van der Waals surface area contributed by atoms with Crippen LogP contribution in [0.3, 0.4) is 0 Å². The lowest BCUT2D eigenvalue weighted by atomic mass is 10.1. The number of carbonyl (C=O) groups is 3. The minimum Gasteiger partial charge on any atom is -0.493 e. The van der Waals surface area contributed by atoms with Gasteiger partial charge in [-0.25, -0.2) is 0 Å². The second kappa shape index (κ2) is 11.9. The number of halogens is 1. The van der Waals surface area contributed by atoms with Crippen LogP contribution in [0.1, 0.15) is 16.7 Å². The molecule has 37 heavy (non-hydrogen) atoms.